The van der Waals surface area contributed by atoms with E-state index in [0.29, 0.717) is 40.5 Å². The van der Waals surface area contributed by atoms with Gasteiger partial charge in [0, 0.05) is 71.1 Å². The molecule has 0 amide bonds. The molecule has 0 N–H and O–H groups in total. The average Bonchev–Trinajstić information content (AvgIpc) is 1.55. The third-order valence-electron chi connectivity index (χ3n) is 28.0. The second-order valence-electron chi connectivity index (χ2n) is 35.5. The van der Waals surface area contributed by atoms with Gasteiger partial charge in [-0.05, 0) is 240 Å². The van der Waals surface area contributed by atoms with Crippen molar-refractivity contribution < 1.29 is 8.83 Å². The second-order valence-corrected chi connectivity index (χ2v) is 35.5. The third kappa shape index (κ3) is 11.5. The number of nitrogens with zero attached hydrogens (tertiary/aromatic N) is 8. The Bertz CT molecular complexity index is 10200. The van der Waals surface area contributed by atoms with Crippen molar-refractivity contribution in [1.82, 2.24) is 39.0 Å². The molecule has 0 aliphatic carbocycles. The molecule has 6 aromatic heterocycles. The summed E-state index contributed by atoms with van der Waals surface area (Å²) in [5.41, 5.74) is 18.7. The van der Waals surface area contributed by atoms with Gasteiger partial charge in [0.05, 0.1) is 44.2 Å². The number of hydrogen-bond acceptors (Lipinski definition) is 8. The molecular weight excluding hydrogens is 1630 g/mol. The van der Waals surface area contributed by atoms with Crippen LogP contribution in [0, 0.1) is 0 Å². The van der Waals surface area contributed by atoms with Gasteiger partial charge in [-0.25, -0.2) is 29.9 Å². The van der Waals surface area contributed by atoms with E-state index in [4.69, 9.17) is 38.7 Å². The zero-order valence-electron chi connectivity index (χ0n) is 71.8. The lowest BCUT2D eigenvalue weighted by molar-refractivity contribution is 0.669. The predicted octanol–water partition coefficient (Wildman–Crippen LogP) is 32.9. The normalized spacial score (nSPS) is 12.2. The van der Waals surface area contributed by atoms with Crippen LogP contribution >= 0.6 is 0 Å². The maximum Gasteiger partial charge on any atom is 0.164 e. The molecule has 0 saturated carbocycles. The zero-order valence-corrected chi connectivity index (χ0v) is 71.8. The van der Waals surface area contributed by atoms with Crippen molar-refractivity contribution in [1.29, 1.82) is 0 Å². The van der Waals surface area contributed by atoms with Gasteiger partial charge < -0.3 is 18.0 Å². The van der Waals surface area contributed by atoms with E-state index in [-0.39, 0.29) is 0 Å². The maximum atomic E-state index is 7.38. The molecule has 0 unspecified atom stereocenters. The molecule has 29 aromatic rings. The van der Waals surface area contributed by atoms with Crippen LogP contribution in [0.25, 0.3) is 297 Å². The van der Waals surface area contributed by atoms with Crippen molar-refractivity contribution in [3.8, 4) is 102 Å². The van der Waals surface area contributed by atoms with E-state index in [1.807, 2.05) is 6.07 Å². The molecule has 0 atom stereocenters. The largest absolute Gasteiger partial charge is 0.456 e. The van der Waals surface area contributed by atoms with Crippen molar-refractivity contribution in [3.05, 3.63) is 425 Å². The van der Waals surface area contributed by atoms with Gasteiger partial charge >= 0.3 is 0 Å². The lowest BCUT2D eigenvalue weighted by Gasteiger charge is -2.15. The molecule has 0 radical (unpaired) electrons. The highest BCUT2D eigenvalue weighted by Crippen LogP contribution is 2.50. The highest BCUT2D eigenvalue weighted by atomic mass is 16.3. The molecule has 0 bridgehead atoms. The highest BCUT2D eigenvalue weighted by molar-refractivity contribution is 6.27. The van der Waals surface area contributed by atoms with Gasteiger partial charge in [0.15, 0.2) is 34.9 Å². The molecule has 10 nitrogen and oxygen atoms in total. The van der Waals surface area contributed by atoms with Crippen molar-refractivity contribution in [2.45, 2.75) is 0 Å². The minimum absolute atomic E-state index is 0.513. The Labute approximate surface area is 764 Å². The molecule has 10 heteroatoms. The van der Waals surface area contributed by atoms with Crippen LogP contribution in [0.5, 0.6) is 0 Å². The SMILES string of the molecule is c1ccc(-c2cccc(-c3nc(-c4cc(-n5c6cc7ccccc7cc6c6cc7cc(-c8ccc9cc(-c%10nc(-c%11ccc%12ccccc%12c%11)nc(-c%11cc(-n%12c%13cc%14ccccc%14cc%13c%13c%14ccccc%14ccc%13%12)c%12c(c%11)oc%11ccccc%11%12)n%10)c%10ccccc%10c9c8)ccc7cc65)c5c(c4)oc4c6ccccc6ccc45)nc(-c4cc5ccccc5c5ccccc45)n3)c2)cc1. The smallest absolute Gasteiger partial charge is 0.164 e. The number of fused-ring (bicyclic) bond motifs is 26. The fourth-order valence-corrected chi connectivity index (χ4v) is 21.7. The number of furan rings is 2. The van der Waals surface area contributed by atoms with Crippen LogP contribution in [0.1, 0.15) is 0 Å². The van der Waals surface area contributed by atoms with Gasteiger partial charge in [0.1, 0.15) is 22.3 Å². The molecular formula is C124H70N8O2. The standard InChI is InChI=1S/C124H70N8O2/c1-2-23-71(24-3-1)76-34-22-35-86(55-76)119-125-122(130-123(127-119)103-61-84-33-12-13-36-91(84)94-39-16-18-41-96(94)103)90-68-111(117-99-53-51-74-27-11-15-38-93(74)118(99)134-114(117)70-90)132-107-64-79-31-8-6-29-77(79)59-101(107)102-63-88-57-81(46-47-83(88)66-108(102)132)82-48-49-85-62-104(97-42-19-17-40-95(97)100(85)58-82)124-128-120(87-50-45-72-25-4-5-28-75(72)56-87)126-121(129-124)89-67-110(116-98-43-20-21-44-112(98)133-113(116)69-89)131-106-54-52-73-26-10-14-37-92(73)115(106)105-60-78-30-7-9-32-80(78)65-109(105)131/h1-70H. The first-order valence-corrected chi connectivity index (χ1v) is 45.5. The summed E-state index contributed by atoms with van der Waals surface area (Å²) in [7, 11) is 0. The molecule has 6 heterocycles. The maximum absolute atomic E-state index is 7.38. The molecule has 0 spiro atoms. The van der Waals surface area contributed by atoms with Crippen LogP contribution in [-0.2, 0) is 0 Å². The van der Waals surface area contributed by atoms with E-state index in [1.54, 1.807) is 0 Å². The fraction of sp³-hybridized carbons (Fsp3) is 0. The number of para-hydroxylation sites is 1. The minimum Gasteiger partial charge on any atom is -0.456 e. The Kier molecular flexibility index (Phi) is 15.8. The van der Waals surface area contributed by atoms with Crippen LogP contribution in [0.2, 0.25) is 0 Å². The number of aromatic nitrogens is 8. The number of rotatable bonds is 10. The quantitative estimate of drug-likeness (QED) is 0.124. The first-order valence-electron chi connectivity index (χ1n) is 45.5. The van der Waals surface area contributed by atoms with Gasteiger partial charge in [-0.2, -0.15) is 0 Å². The molecule has 618 valence electrons. The van der Waals surface area contributed by atoms with E-state index < -0.39 is 0 Å². The summed E-state index contributed by atoms with van der Waals surface area (Å²) in [6, 6.07) is 153. The lowest BCUT2D eigenvalue weighted by Crippen LogP contribution is -2.02. The van der Waals surface area contributed by atoms with Crippen LogP contribution in [0.15, 0.2) is 433 Å². The summed E-state index contributed by atoms with van der Waals surface area (Å²) in [5, 5.41) is 30.8. The van der Waals surface area contributed by atoms with Crippen molar-refractivity contribution in [2.75, 3.05) is 0 Å². The van der Waals surface area contributed by atoms with Crippen molar-refractivity contribution in [2.24, 2.45) is 0 Å². The Morgan fingerprint density at radius 2 is 0.552 bits per heavy atom. The third-order valence-corrected chi connectivity index (χ3v) is 28.0. The second kappa shape index (κ2) is 28.7. The zero-order chi connectivity index (χ0) is 87.5. The van der Waals surface area contributed by atoms with Gasteiger partial charge in [-0.1, -0.05) is 309 Å². The summed E-state index contributed by atoms with van der Waals surface area (Å²) in [4.78, 5) is 33.6. The van der Waals surface area contributed by atoms with E-state index in [0.717, 1.165) is 230 Å². The monoisotopic (exact) mass is 1700 g/mol. The number of benzene rings is 23. The van der Waals surface area contributed by atoms with Gasteiger partial charge in [-0.3, -0.25) is 0 Å². The van der Waals surface area contributed by atoms with Gasteiger partial charge in [-0.15, -0.1) is 0 Å². The van der Waals surface area contributed by atoms with Crippen LogP contribution < -0.4 is 0 Å². The van der Waals surface area contributed by atoms with Crippen molar-refractivity contribution >= 4 is 195 Å². The summed E-state index contributed by atoms with van der Waals surface area (Å²) >= 11 is 0. The Morgan fingerprint density at radius 3 is 1.22 bits per heavy atom. The lowest BCUT2D eigenvalue weighted by atomic mass is 9.93. The topological polar surface area (TPSA) is 113 Å². The average molecular weight is 1700 g/mol. The molecule has 0 aliphatic rings. The molecule has 0 saturated heterocycles. The van der Waals surface area contributed by atoms with Crippen LogP contribution in [-0.4, -0.2) is 39.0 Å². The molecule has 29 rings (SSSR count). The first-order chi connectivity index (χ1) is 66.3. The predicted molar refractivity (Wildman–Crippen MR) is 555 cm³/mol. The highest BCUT2D eigenvalue weighted by Gasteiger charge is 2.29. The summed E-state index contributed by atoms with van der Waals surface area (Å²) < 4.78 is 19.3. The van der Waals surface area contributed by atoms with E-state index in [1.165, 1.54) is 26.9 Å². The summed E-state index contributed by atoms with van der Waals surface area (Å²) in [6.45, 7) is 0. The Morgan fingerprint density at radius 1 is 0.157 bits per heavy atom. The van der Waals surface area contributed by atoms with Crippen molar-refractivity contribution in [3.63, 3.8) is 0 Å². The molecule has 134 heavy (non-hydrogen) atoms. The molecule has 0 fully saturated rings. The van der Waals surface area contributed by atoms with E-state index in [9.17, 15) is 0 Å². The van der Waals surface area contributed by atoms with Gasteiger partial charge in [0.2, 0.25) is 0 Å². The Hall–Kier alpha value is -18.1. The first kappa shape index (κ1) is 73.9. The minimum atomic E-state index is 0.513. The Balaban J connectivity index is 0.603. The summed E-state index contributed by atoms with van der Waals surface area (Å²) in [5.74, 6) is 3.27. The van der Waals surface area contributed by atoms with E-state index >= 15 is 0 Å². The molecule has 23 aromatic carbocycles. The number of hydrogen-bond donors (Lipinski definition) is 0. The van der Waals surface area contributed by atoms with E-state index in [2.05, 4.69) is 428 Å². The van der Waals surface area contributed by atoms with Crippen LogP contribution in [0.3, 0.4) is 0 Å². The molecule has 0 aliphatic heterocycles. The summed E-state index contributed by atoms with van der Waals surface area (Å²) in [6.07, 6.45) is 0. The fourth-order valence-electron chi connectivity index (χ4n) is 21.7. The van der Waals surface area contributed by atoms with Gasteiger partial charge in [0.25, 0.3) is 0 Å². The van der Waals surface area contributed by atoms with Crippen LogP contribution in [0.4, 0.5) is 0 Å².